The summed E-state index contributed by atoms with van der Waals surface area (Å²) in [5, 5.41) is 5.05. The predicted octanol–water partition coefficient (Wildman–Crippen LogP) is 4.12. The SMILES string of the molecule is CCCC(=O)OCN(C(=O)[C@@H](NC(=O)[C@H]1CCCCN1C)[C@@H](C)CC)[C@H](C[C@@H](OC(C)=O)c1nc(C=O)cs1)C(C)C. The highest BCUT2D eigenvalue weighted by molar-refractivity contribution is 7.09. The van der Waals surface area contributed by atoms with Crippen molar-refractivity contribution >= 4 is 41.4 Å². The Morgan fingerprint density at radius 2 is 1.93 bits per heavy atom. The molecule has 1 aromatic heterocycles. The molecule has 1 fully saturated rings. The van der Waals surface area contributed by atoms with Gasteiger partial charge in [-0.3, -0.25) is 28.9 Å². The van der Waals surface area contributed by atoms with Crippen LogP contribution in [0.15, 0.2) is 5.38 Å². The first kappa shape index (κ1) is 35.3. The molecule has 0 radical (unpaired) electrons. The van der Waals surface area contributed by atoms with Gasteiger partial charge in [0.2, 0.25) is 11.8 Å². The molecule has 2 rings (SSSR count). The normalized spacial score (nSPS) is 18.4. The number of hydrogen-bond donors (Lipinski definition) is 1. The van der Waals surface area contributed by atoms with E-state index in [9.17, 15) is 24.0 Å². The summed E-state index contributed by atoms with van der Waals surface area (Å²) >= 11 is 1.19. The summed E-state index contributed by atoms with van der Waals surface area (Å²) in [7, 11) is 1.92. The molecule has 1 aliphatic rings. The summed E-state index contributed by atoms with van der Waals surface area (Å²) in [5.74, 6) is -1.87. The second-order valence-electron chi connectivity index (χ2n) is 11.4. The summed E-state index contributed by atoms with van der Waals surface area (Å²) in [6, 6.07) is -1.72. The van der Waals surface area contributed by atoms with Crippen LogP contribution in [-0.4, -0.2) is 83.3 Å². The molecule has 0 bridgehead atoms. The van der Waals surface area contributed by atoms with E-state index < -0.39 is 30.1 Å². The summed E-state index contributed by atoms with van der Waals surface area (Å²) in [6.07, 6.45) is 4.08. The Labute approximate surface area is 253 Å². The topological polar surface area (TPSA) is 135 Å². The Morgan fingerprint density at radius 1 is 1.21 bits per heavy atom. The van der Waals surface area contributed by atoms with Crippen molar-refractivity contribution in [2.75, 3.05) is 20.3 Å². The van der Waals surface area contributed by atoms with E-state index in [1.165, 1.54) is 23.2 Å². The number of aromatic nitrogens is 1. The quantitative estimate of drug-likeness (QED) is 0.167. The first-order chi connectivity index (χ1) is 19.9. The van der Waals surface area contributed by atoms with Gasteiger partial charge in [-0.05, 0) is 44.7 Å². The maximum absolute atomic E-state index is 14.4. The molecule has 12 heteroatoms. The van der Waals surface area contributed by atoms with E-state index in [1.54, 1.807) is 5.38 Å². The lowest BCUT2D eigenvalue weighted by molar-refractivity contribution is -0.160. The average molecular weight is 609 g/mol. The van der Waals surface area contributed by atoms with Gasteiger partial charge in [-0.1, -0.05) is 47.5 Å². The van der Waals surface area contributed by atoms with E-state index in [1.807, 2.05) is 46.6 Å². The molecule has 5 atom stereocenters. The number of amides is 2. The van der Waals surface area contributed by atoms with Gasteiger partial charge in [-0.15, -0.1) is 11.3 Å². The summed E-state index contributed by atoms with van der Waals surface area (Å²) in [6.45, 7) is 11.4. The molecule has 1 saturated heterocycles. The van der Waals surface area contributed by atoms with Gasteiger partial charge < -0.3 is 19.7 Å². The molecule has 0 spiro atoms. The van der Waals surface area contributed by atoms with Crippen LogP contribution in [-0.2, 0) is 28.7 Å². The standard InChI is InChI=1S/C30H48N4O7S/c1-8-12-26(37)40-18-34(24(19(3)4)15-25(41-21(6)36)29-31-22(16-35)17-42-29)30(39)27(20(5)9-2)32-28(38)23-13-10-11-14-33(23)7/h16-17,19-20,23-25,27H,8-15,18H2,1-7H3,(H,32,38)/t20-,23+,24+,25+,27-/m0/s1. The van der Waals surface area contributed by atoms with Crippen LogP contribution in [0.4, 0.5) is 0 Å². The highest BCUT2D eigenvalue weighted by Gasteiger charge is 2.39. The van der Waals surface area contributed by atoms with E-state index in [0.29, 0.717) is 24.1 Å². The van der Waals surface area contributed by atoms with Gasteiger partial charge in [0.05, 0.1) is 6.04 Å². The van der Waals surface area contributed by atoms with Gasteiger partial charge >= 0.3 is 11.9 Å². The zero-order chi connectivity index (χ0) is 31.4. The first-order valence-electron chi connectivity index (χ1n) is 15.0. The molecule has 1 aliphatic heterocycles. The van der Waals surface area contributed by atoms with Crippen molar-refractivity contribution in [2.24, 2.45) is 11.8 Å². The molecule has 2 amide bonds. The number of thiazole rings is 1. The molecule has 42 heavy (non-hydrogen) atoms. The molecular weight excluding hydrogens is 560 g/mol. The summed E-state index contributed by atoms with van der Waals surface area (Å²) in [5.41, 5.74) is 0.224. The highest BCUT2D eigenvalue weighted by Crippen LogP contribution is 2.31. The van der Waals surface area contributed by atoms with Crippen LogP contribution >= 0.6 is 11.3 Å². The van der Waals surface area contributed by atoms with E-state index >= 15 is 0 Å². The number of hydrogen-bond acceptors (Lipinski definition) is 10. The van der Waals surface area contributed by atoms with E-state index in [0.717, 1.165) is 25.8 Å². The second-order valence-corrected chi connectivity index (χ2v) is 12.3. The van der Waals surface area contributed by atoms with Crippen LogP contribution < -0.4 is 5.32 Å². The minimum absolute atomic E-state index is 0.153. The fourth-order valence-corrected chi connectivity index (χ4v) is 5.94. The Bertz CT molecular complexity index is 1060. The van der Waals surface area contributed by atoms with Gasteiger partial charge in [0, 0.05) is 31.2 Å². The molecule has 1 N–H and O–H groups in total. The number of aldehydes is 1. The van der Waals surface area contributed by atoms with Gasteiger partial charge in [0.25, 0.3) is 0 Å². The first-order valence-corrected chi connectivity index (χ1v) is 15.9. The summed E-state index contributed by atoms with van der Waals surface area (Å²) in [4.78, 5) is 71.4. The Kier molecular flexibility index (Phi) is 14.6. The molecule has 236 valence electrons. The number of ether oxygens (including phenoxy) is 2. The van der Waals surface area contributed by atoms with Crippen molar-refractivity contribution in [1.29, 1.82) is 0 Å². The minimum Gasteiger partial charge on any atom is -0.455 e. The monoisotopic (exact) mass is 608 g/mol. The van der Waals surface area contributed by atoms with Crippen LogP contribution in [0.3, 0.4) is 0 Å². The predicted molar refractivity (Wildman–Crippen MR) is 160 cm³/mol. The third kappa shape index (κ3) is 10.1. The molecule has 0 aliphatic carbocycles. The maximum atomic E-state index is 14.4. The third-order valence-electron chi connectivity index (χ3n) is 7.82. The summed E-state index contributed by atoms with van der Waals surface area (Å²) < 4.78 is 11.2. The number of esters is 2. The van der Waals surface area contributed by atoms with Crippen LogP contribution in [0.2, 0.25) is 0 Å². The van der Waals surface area contributed by atoms with Crippen molar-refractivity contribution < 1.29 is 33.4 Å². The Balaban J connectivity index is 2.46. The molecule has 0 aromatic carbocycles. The molecular formula is C30H48N4O7S. The highest BCUT2D eigenvalue weighted by atomic mass is 32.1. The van der Waals surface area contributed by atoms with Crippen molar-refractivity contribution in [3.05, 3.63) is 16.1 Å². The van der Waals surface area contributed by atoms with Gasteiger partial charge in [0.1, 0.15) is 16.7 Å². The number of likely N-dealkylation sites (N-methyl/N-ethyl adjacent to an activating group) is 1. The molecule has 0 saturated carbocycles. The fraction of sp³-hybridized carbons (Fsp3) is 0.733. The van der Waals surface area contributed by atoms with E-state index in [4.69, 9.17) is 9.47 Å². The average Bonchev–Trinajstić information content (AvgIpc) is 3.43. The van der Waals surface area contributed by atoms with Crippen molar-refractivity contribution in [3.63, 3.8) is 0 Å². The second kappa shape index (κ2) is 17.3. The smallest absolute Gasteiger partial charge is 0.307 e. The van der Waals surface area contributed by atoms with Crippen molar-refractivity contribution in [3.8, 4) is 0 Å². The lowest BCUT2D eigenvalue weighted by atomic mass is 9.92. The molecule has 1 aromatic rings. The maximum Gasteiger partial charge on any atom is 0.307 e. The fourth-order valence-electron chi connectivity index (χ4n) is 5.14. The van der Waals surface area contributed by atoms with Gasteiger partial charge in [-0.25, -0.2) is 4.98 Å². The van der Waals surface area contributed by atoms with Crippen LogP contribution in [0, 0.1) is 11.8 Å². The lowest BCUT2D eigenvalue weighted by Gasteiger charge is -2.39. The number of carbonyl (C=O) groups is 5. The molecule has 11 nitrogen and oxygen atoms in total. The number of likely N-dealkylation sites (tertiary alicyclic amines) is 1. The van der Waals surface area contributed by atoms with E-state index in [2.05, 4.69) is 10.3 Å². The number of carbonyl (C=O) groups excluding carboxylic acids is 5. The van der Waals surface area contributed by atoms with E-state index in [-0.39, 0.29) is 55.0 Å². The van der Waals surface area contributed by atoms with Crippen LogP contribution in [0.1, 0.15) is 108 Å². The van der Waals surface area contributed by atoms with Gasteiger partial charge in [0.15, 0.2) is 19.1 Å². The molecule has 0 unspecified atom stereocenters. The number of nitrogens with zero attached hydrogens (tertiary/aromatic N) is 3. The largest absolute Gasteiger partial charge is 0.455 e. The Morgan fingerprint density at radius 3 is 2.48 bits per heavy atom. The van der Waals surface area contributed by atoms with Crippen LogP contribution in [0.25, 0.3) is 0 Å². The van der Waals surface area contributed by atoms with Crippen LogP contribution in [0.5, 0.6) is 0 Å². The minimum atomic E-state index is -0.849. The third-order valence-corrected chi connectivity index (χ3v) is 8.78. The molecule has 2 heterocycles. The van der Waals surface area contributed by atoms with Crippen molar-refractivity contribution in [1.82, 2.24) is 20.1 Å². The lowest BCUT2D eigenvalue weighted by Crippen LogP contribution is -2.59. The van der Waals surface area contributed by atoms with Crippen molar-refractivity contribution in [2.45, 2.75) is 111 Å². The number of piperidine rings is 1. The zero-order valence-corrected chi connectivity index (χ0v) is 26.9. The number of rotatable bonds is 16. The number of nitrogens with one attached hydrogen (secondary N) is 1. The zero-order valence-electron chi connectivity index (χ0n) is 26.1. The Hall–Kier alpha value is -2.86. The van der Waals surface area contributed by atoms with Gasteiger partial charge in [-0.2, -0.15) is 0 Å².